The lowest BCUT2D eigenvalue weighted by Crippen LogP contribution is -2.06. The second kappa shape index (κ2) is 16.4. The molecule has 0 unspecified atom stereocenters. The maximum atomic E-state index is 11.2. The molecule has 0 atom stereocenters. The molecular weight excluding hydrogens is 472 g/mol. The summed E-state index contributed by atoms with van der Waals surface area (Å²) in [6.07, 6.45) is 10.2. The van der Waals surface area contributed by atoms with Crippen molar-refractivity contribution in [1.82, 2.24) is 0 Å². The molecule has 0 heterocycles. The van der Waals surface area contributed by atoms with E-state index in [1.54, 1.807) is 24.3 Å². The molecule has 0 bridgehead atoms. The van der Waals surface area contributed by atoms with Crippen molar-refractivity contribution < 1.29 is 34.4 Å². The van der Waals surface area contributed by atoms with Crippen LogP contribution in [0.5, 0.6) is 5.75 Å². The Morgan fingerprint density at radius 3 is 1.68 bits per heavy atom. The quantitative estimate of drug-likeness (QED) is 0.173. The van der Waals surface area contributed by atoms with E-state index in [1.165, 1.54) is 32.1 Å². The van der Waals surface area contributed by atoms with Gasteiger partial charge in [0, 0.05) is 12.8 Å². The minimum absolute atomic E-state index is 0.0447. The van der Waals surface area contributed by atoms with E-state index in [0.29, 0.717) is 32.3 Å². The van der Waals surface area contributed by atoms with Gasteiger partial charge in [0.1, 0.15) is 5.75 Å². The standard InChI is InChI=1S/C30H40O7/c1-2-3-4-5-6-7-8-19-37-29-24(11-9-13-27(31)32)20-26(21-25(29)12-10-14-28(33)34)22-15-17-23(18-16-22)30(35)36/h15-18,20-21H,2-14,19H2,1H3,(H,31,32)(H,33,34)(H,35,36). The first-order chi connectivity index (χ1) is 17.8. The molecule has 0 aromatic heterocycles. The fourth-order valence-electron chi connectivity index (χ4n) is 4.38. The Labute approximate surface area is 219 Å². The van der Waals surface area contributed by atoms with Crippen LogP contribution < -0.4 is 4.74 Å². The number of hydrogen-bond acceptors (Lipinski definition) is 4. The van der Waals surface area contributed by atoms with Gasteiger partial charge in [-0.05, 0) is 78.6 Å². The number of ether oxygens (including phenoxy) is 1. The van der Waals surface area contributed by atoms with Gasteiger partial charge in [-0.1, -0.05) is 57.6 Å². The zero-order valence-corrected chi connectivity index (χ0v) is 21.8. The van der Waals surface area contributed by atoms with Crippen LogP contribution in [0.25, 0.3) is 11.1 Å². The number of benzene rings is 2. The van der Waals surface area contributed by atoms with E-state index in [1.807, 2.05) is 12.1 Å². The van der Waals surface area contributed by atoms with Crippen LogP contribution in [-0.4, -0.2) is 39.8 Å². The molecule has 0 amide bonds. The largest absolute Gasteiger partial charge is 0.493 e. The molecule has 0 aliphatic rings. The normalized spacial score (nSPS) is 10.8. The molecule has 2 aromatic rings. The van der Waals surface area contributed by atoms with Crippen LogP contribution in [0.15, 0.2) is 36.4 Å². The number of rotatable bonds is 19. The molecule has 0 saturated heterocycles. The molecule has 37 heavy (non-hydrogen) atoms. The first-order valence-corrected chi connectivity index (χ1v) is 13.4. The summed E-state index contributed by atoms with van der Waals surface area (Å²) in [5.74, 6) is -1.97. The SMILES string of the molecule is CCCCCCCCCOc1c(CCCC(=O)O)cc(-c2ccc(C(=O)O)cc2)cc1CCCC(=O)O. The molecule has 0 aliphatic carbocycles. The number of aromatic carboxylic acids is 1. The molecular formula is C30H40O7. The van der Waals surface area contributed by atoms with Crippen molar-refractivity contribution in [2.45, 2.75) is 90.4 Å². The van der Waals surface area contributed by atoms with E-state index in [4.69, 9.17) is 14.9 Å². The van der Waals surface area contributed by atoms with Crippen LogP contribution in [-0.2, 0) is 22.4 Å². The summed E-state index contributed by atoms with van der Waals surface area (Å²) in [6.45, 7) is 2.75. The Hall–Kier alpha value is -3.35. The molecule has 0 fully saturated rings. The maximum absolute atomic E-state index is 11.2. The van der Waals surface area contributed by atoms with Crippen molar-refractivity contribution in [3.8, 4) is 16.9 Å². The average Bonchev–Trinajstić information content (AvgIpc) is 2.86. The van der Waals surface area contributed by atoms with Gasteiger partial charge in [-0.2, -0.15) is 0 Å². The van der Waals surface area contributed by atoms with Crippen LogP contribution in [0.4, 0.5) is 0 Å². The molecule has 0 radical (unpaired) electrons. The van der Waals surface area contributed by atoms with E-state index in [0.717, 1.165) is 40.8 Å². The fourth-order valence-corrected chi connectivity index (χ4v) is 4.38. The zero-order valence-electron chi connectivity index (χ0n) is 21.8. The third kappa shape index (κ3) is 11.1. The molecule has 7 nitrogen and oxygen atoms in total. The van der Waals surface area contributed by atoms with E-state index < -0.39 is 17.9 Å². The first kappa shape index (κ1) is 29.9. The van der Waals surface area contributed by atoms with Crippen LogP contribution in [0.1, 0.15) is 99.0 Å². The number of hydrogen-bond donors (Lipinski definition) is 3. The highest BCUT2D eigenvalue weighted by Crippen LogP contribution is 2.34. The Morgan fingerprint density at radius 1 is 0.676 bits per heavy atom. The summed E-state index contributed by atoms with van der Waals surface area (Å²) in [7, 11) is 0. The van der Waals surface area contributed by atoms with Crippen molar-refractivity contribution in [3.63, 3.8) is 0 Å². The predicted octanol–water partition coefficient (Wildman–Crippen LogP) is 7.00. The van der Waals surface area contributed by atoms with Gasteiger partial charge in [0.25, 0.3) is 0 Å². The highest BCUT2D eigenvalue weighted by Gasteiger charge is 2.15. The summed E-state index contributed by atoms with van der Waals surface area (Å²) in [4.78, 5) is 33.5. The summed E-state index contributed by atoms with van der Waals surface area (Å²) < 4.78 is 6.28. The molecule has 0 aliphatic heterocycles. The second-order valence-electron chi connectivity index (χ2n) is 9.47. The Balaban J connectivity index is 2.28. The summed E-state index contributed by atoms with van der Waals surface area (Å²) >= 11 is 0. The van der Waals surface area contributed by atoms with Gasteiger partial charge in [-0.15, -0.1) is 0 Å². The molecule has 202 valence electrons. The number of carbonyl (C=O) groups is 3. The molecule has 0 saturated carbocycles. The van der Waals surface area contributed by atoms with Crippen LogP contribution in [0.2, 0.25) is 0 Å². The number of aliphatic carboxylic acids is 2. The number of carboxylic acid groups (broad SMARTS) is 3. The van der Waals surface area contributed by atoms with Gasteiger partial charge < -0.3 is 20.1 Å². The van der Waals surface area contributed by atoms with Gasteiger partial charge in [0.15, 0.2) is 0 Å². The van der Waals surface area contributed by atoms with Gasteiger partial charge >= 0.3 is 17.9 Å². The summed E-state index contributed by atoms with van der Waals surface area (Å²) in [5, 5.41) is 27.5. The van der Waals surface area contributed by atoms with Crippen molar-refractivity contribution in [1.29, 1.82) is 0 Å². The van der Waals surface area contributed by atoms with Crippen molar-refractivity contribution >= 4 is 17.9 Å². The lowest BCUT2D eigenvalue weighted by molar-refractivity contribution is -0.138. The molecule has 0 spiro atoms. The fraction of sp³-hybridized carbons (Fsp3) is 0.500. The zero-order chi connectivity index (χ0) is 27.0. The lowest BCUT2D eigenvalue weighted by atomic mass is 9.93. The van der Waals surface area contributed by atoms with Crippen LogP contribution in [0.3, 0.4) is 0 Å². The second-order valence-corrected chi connectivity index (χ2v) is 9.47. The highest BCUT2D eigenvalue weighted by molar-refractivity contribution is 5.88. The minimum Gasteiger partial charge on any atom is -0.493 e. The molecule has 7 heteroatoms. The van der Waals surface area contributed by atoms with Crippen molar-refractivity contribution in [2.75, 3.05) is 6.61 Å². The number of unbranched alkanes of at least 4 members (excludes halogenated alkanes) is 6. The average molecular weight is 513 g/mol. The van der Waals surface area contributed by atoms with Gasteiger partial charge in [-0.3, -0.25) is 9.59 Å². The number of aryl methyl sites for hydroxylation is 2. The van der Waals surface area contributed by atoms with Crippen molar-refractivity contribution in [2.24, 2.45) is 0 Å². The third-order valence-corrected chi connectivity index (χ3v) is 6.38. The molecule has 2 aromatic carbocycles. The predicted molar refractivity (Wildman–Crippen MR) is 143 cm³/mol. The van der Waals surface area contributed by atoms with Gasteiger partial charge in [0.2, 0.25) is 0 Å². The topological polar surface area (TPSA) is 121 Å². The highest BCUT2D eigenvalue weighted by atomic mass is 16.5. The Morgan fingerprint density at radius 2 is 1.19 bits per heavy atom. The van der Waals surface area contributed by atoms with Crippen molar-refractivity contribution in [3.05, 3.63) is 53.1 Å². The van der Waals surface area contributed by atoms with E-state index in [2.05, 4.69) is 6.92 Å². The van der Waals surface area contributed by atoms with Crippen LogP contribution in [0, 0.1) is 0 Å². The Bertz CT molecular complexity index is 970. The molecule has 3 N–H and O–H groups in total. The van der Waals surface area contributed by atoms with Gasteiger partial charge in [0.05, 0.1) is 12.2 Å². The van der Waals surface area contributed by atoms with E-state index in [-0.39, 0.29) is 18.4 Å². The minimum atomic E-state index is -0.996. The van der Waals surface area contributed by atoms with E-state index in [9.17, 15) is 19.5 Å². The smallest absolute Gasteiger partial charge is 0.335 e. The first-order valence-electron chi connectivity index (χ1n) is 13.4. The lowest BCUT2D eigenvalue weighted by Gasteiger charge is -2.19. The summed E-state index contributed by atoms with van der Waals surface area (Å²) in [6, 6.07) is 10.6. The number of carboxylic acids is 3. The van der Waals surface area contributed by atoms with Gasteiger partial charge in [-0.25, -0.2) is 4.79 Å². The third-order valence-electron chi connectivity index (χ3n) is 6.38. The van der Waals surface area contributed by atoms with E-state index >= 15 is 0 Å². The maximum Gasteiger partial charge on any atom is 0.335 e. The van der Waals surface area contributed by atoms with Crippen LogP contribution >= 0.6 is 0 Å². The Kier molecular flexibility index (Phi) is 13.2. The summed E-state index contributed by atoms with van der Waals surface area (Å²) in [5.41, 5.74) is 3.70. The molecule has 2 rings (SSSR count). The monoisotopic (exact) mass is 512 g/mol.